The molecule has 1 aliphatic rings. The van der Waals surface area contributed by atoms with Crippen LogP contribution in [0, 0.1) is 0 Å². The smallest absolute Gasteiger partial charge is 0.191 e. The van der Waals surface area contributed by atoms with E-state index in [-0.39, 0.29) is 24.0 Å². The third-order valence-corrected chi connectivity index (χ3v) is 3.91. The lowest BCUT2D eigenvalue weighted by Gasteiger charge is -2.30. The average molecular weight is 462 g/mol. The molecule has 7 heteroatoms. The molecular formula is C18H31IN4O2. The Bertz CT molecular complexity index is 508. The molecule has 25 heavy (non-hydrogen) atoms. The first-order valence-electron chi connectivity index (χ1n) is 8.77. The van der Waals surface area contributed by atoms with Crippen LogP contribution in [0.2, 0.25) is 0 Å². The van der Waals surface area contributed by atoms with Gasteiger partial charge in [0, 0.05) is 45.6 Å². The molecule has 0 aliphatic carbocycles. The second-order valence-electron chi connectivity index (χ2n) is 5.70. The van der Waals surface area contributed by atoms with E-state index in [1.165, 1.54) is 11.3 Å². The highest BCUT2D eigenvalue weighted by Gasteiger charge is 2.14. The summed E-state index contributed by atoms with van der Waals surface area (Å²) in [5.41, 5.74) is 2.51. The zero-order chi connectivity index (χ0) is 17.0. The number of hydrogen-bond acceptors (Lipinski definition) is 4. The van der Waals surface area contributed by atoms with Crippen LogP contribution < -0.4 is 15.5 Å². The highest BCUT2D eigenvalue weighted by molar-refractivity contribution is 14.0. The Labute approximate surface area is 168 Å². The van der Waals surface area contributed by atoms with Crippen molar-refractivity contribution in [1.29, 1.82) is 0 Å². The lowest BCUT2D eigenvalue weighted by atomic mass is 10.1. The van der Waals surface area contributed by atoms with Crippen LogP contribution in [0.5, 0.6) is 0 Å². The molecule has 1 aromatic carbocycles. The fourth-order valence-electron chi connectivity index (χ4n) is 2.69. The summed E-state index contributed by atoms with van der Waals surface area (Å²) in [5.74, 6) is 0.852. The molecule has 1 saturated heterocycles. The summed E-state index contributed by atoms with van der Waals surface area (Å²) in [5, 5.41) is 6.64. The van der Waals surface area contributed by atoms with Crippen molar-refractivity contribution < 1.29 is 9.47 Å². The van der Waals surface area contributed by atoms with Crippen molar-refractivity contribution in [2.75, 3.05) is 58.0 Å². The maximum atomic E-state index is 5.46. The zero-order valence-electron chi connectivity index (χ0n) is 15.3. The van der Waals surface area contributed by atoms with Gasteiger partial charge in [-0.1, -0.05) is 18.2 Å². The maximum Gasteiger partial charge on any atom is 0.191 e. The van der Waals surface area contributed by atoms with E-state index in [4.69, 9.17) is 14.5 Å². The van der Waals surface area contributed by atoms with Gasteiger partial charge in [0.15, 0.2) is 5.96 Å². The molecule has 0 unspecified atom stereocenters. The van der Waals surface area contributed by atoms with Gasteiger partial charge in [-0.05, 0) is 25.0 Å². The Morgan fingerprint density at radius 1 is 1.24 bits per heavy atom. The topological polar surface area (TPSA) is 58.1 Å². The van der Waals surface area contributed by atoms with Crippen LogP contribution >= 0.6 is 24.0 Å². The highest BCUT2D eigenvalue weighted by atomic mass is 127. The largest absolute Gasteiger partial charge is 0.385 e. The van der Waals surface area contributed by atoms with Gasteiger partial charge in [-0.2, -0.15) is 0 Å². The molecule has 1 aliphatic heterocycles. The molecule has 6 nitrogen and oxygen atoms in total. The molecule has 0 spiro atoms. The van der Waals surface area contributed by atoms with Crippen LogP contribution in [0.25, 0.3) is 0 Å². The molecule has 0 atom stereocenters. The fourth-order valence-corrected chi connectivity index (χ4v) is 2.69. The maximum absolute atomic E-state index is 5.46. The molecule has 1 fully saturated rings. The Balaban J connectivity index is 0.00000312. The van der Waals surface area contributed by atoms with Gasteiger partial charge in [-0.3, -0.25) is 0 Å². The van der Waals surface area contributed by atoms with Gasteiger partial charge in [0.25, 0.3) is 0 Å². The summed E-state index contributed by atoms with van der Waals surface area (Å²) in [6.45, 7) is 8.66. The van der Waals surface area contributed by atoms with Crippen LogP contribution in [0.3, 0.4) is 0 Å². The standard InChI is InChI=1S/C18H30N4O2.HI/c1-3-19-18(20-9-6-12-23-2)21-15-16-7-4-5-8-17(16)22-10-13-24-14-11-22;/h4-5,7-8H,3,6,9-15H2,1-2H3,(H2,19,20,21);1H. The van der Waals surface area contributed by atoms with Gasteiger partial charge < -0.3 is 25.0 Å². The average Bonchev–Trinajstić information content (AvgIpc) is 2.64. The summed E-state index contributed by atoms with van der Waals surface area (Å²) in [6.07, 6.45) is 0.964. The SMILES string of the molecule is CCNC(=NCc1ccccc1N1CCOCC1)NCCCOC.I. The first kappa shape index (κ1) is 22.0. The lowest BCUT2D eigenvalue weighted by Crippen LogP contribution is -2.38. The number of hydrogen-bond donors (Lipinski definition) is 2. The first-order valence-corrected chi connectivity index (χ1v) is 8.77. The van der Waals surface area contributed by atoms with Crippen molar-refractivity contribution in [2.45, 2.75) is 19.9 Å². The van der Waals surface area contributed by atoms with Crippen molar-refractivity contribution in [3.8, 4) is 0 Å². The Kier molecular flexibility index (Phi) is 11.6. The Morgan fingerprint density at radius 3 is 2.72 bits per heavy atom. The monoisotopic (exact) mass is 462 g/mol. The summed E-state index contributed by atoms with van der Waals surface area (Å²) in [7, 11) is 1.72. The molecule has 2 rings (SSSR count). The molecule has 1 aromatic rings. The van der Waals surface area contributed by atoms with Crippen molar-refractivity contribution in [3.05, 3.63) is 29.8 Å². The Morgan fingerprint density at radius 2 is 2.00 bits per heavy atom. The number of morpholine rings is 1. The number of methoxy groups -OCH3 is 1. The number of aliphatic imine (C=N–C) groups is 1. The second kappa shape index (κ2) is 13.2. The number of para-hydroxylation sites is 1. The summed E-state index contributed by atoms with van der Waals surface area (Å²) < 4.78 is 10.5. The van der Waals surface area contributed by atoms with E-state index in [1.54, 1.807) is 7.11 Å². The Hall–Kier alpha value is -1.06. The van der Waals surface area contributed by atoms with Crippen LogP contribution in [-0.2, 0) is 16.0 Å². The van der Waals surface area contributed by atoms with E-state index in [2.05, 4.69) is 46.7 Å². The van der Waals surface area contributed by atoms with Crippen LogP contribution in [-0.4, -0.2) is 59.1 Å². The number of benzene rings is 1. The van der Waals surface area contributed by atoms with Gasteiger partial charge in [-0.25, -0.2) is 4.99 Å². The summed E-state index contributed by atoms with van der Waals surface area (Å²) in [4.78, 5) is 7.11. The molecule has 1 heterocycles. The van der Waals surface area contributed by atoms with Gasteiger partial charge in [0.2, 0.25) is 0 Å². The van der Waals surface area contributed by atoms with Crippen LogP contribution in [0.1, 0.15) is 18.9 Å². The van der Waals surface area contributed by atoms with E-state index in [0.717, 1.165) is 58.4 Å². The third kappa shape index (κ3) is 7.79. The van der Waals surface area contributed by atoms with Crippen molar-refractivity contribution >= 4 is 35.6 Å². The number of anilines is 1. The van der Waals surface area contributed by atoms with Crippen molar-refractivity contribution in [3.63, 3.8) is 0 Å². The van der Waals surface area contributed by atoms with Gasteiger partial charge >= 0.3 is 0 Å². The number of ether oxygens (including phenoxy) is 2. The molecule has 2 N–H and O–H groups in total. The van der Waals surface area contributed by atoms with E-state index in [1.807, 2.05) is 0 Å². The third-order valence-electron chi connectivity index (χ3n) is 3.91. The van der Waals surface area contributed by atoms with Crippen LogP contribution in [0.15, 0.2) is 29.3 Å². The summed E-state index contributed by atoms with van der Waals surface area (Å²) in [6, 6.07) is 8.50. The van der Waals surface area contributed by atoms with Gasteiger partial charge in [0.05, 0.1) is 19.8 Å². The van der Waals surface area contributed by atoms with Gasteiger partial charge in [-0.15, -0.1) is 24.0 Å². The van der Waals surface area contributed by atoms with E-state index >= 15 is 0 Å². The highest BCUT2D eigenvalue weighted by Crippen LogP contribution is 2.22. The summed E-state index contributed by atoms with van der Waals surface area (Å²) >= 11 is 0. The molecule has 0 radical (unpaired) electrons. The number of halogens is 1. The lowest BCUT2D eigenvalue weighted by molar-refractivity contribution is 0.122. The molecule has 0 saturated carbocycles. The number of nitrogens with zero attached hydrogens (tertiary/aromatic N) is 2. The van der Waals surface area contributed by atoms with E-state index in [9.17, 15) is 0 Å². The fraction of sp³-hybridized carbons (Fsp3) is 0.611. The van der Waals surface area contributed by atoms with Crippen LogP contribution in [0.4, 0.5) is 5.69 Å². The minimum atomic E-state index is 0. The zero-order valence-corrected chi connectivity index (χ0v) is 17.6. The predicted molar refractivity (Wildman–Crippen MR) is 114 cm³/mol. The minimum absolute atomic E-state index is 0. The second-order valence-corrected chi connectivity index (χ2v) is 5.70. The molecule has 0 amide bonds. The predicted octanol–water partition coefficient (Wildman–Crippen LogP) is 2.23. The molecule has 0 bridgehead atoms. The number of nitrogens with one attached hydrogen (secondary N) is 2. The first-order chi connectivity index (χ1) is 11.8. The number of rotatable bonds is 8. The van der Waals surface area contributed by atoms with Gasteiger partial charge in [0.1, 0.15) is 0 Å². The number of guanidine groups is 1. The minimum Gasteiger partial charge on any atom is -0.385 e. The van der Waals surface area contributed by atoms with Crippen molar-refractivity contribution in [1.82, 2.24) is 10.6 Å². The quantitative estimate of drug-likeness (QED) is 0.269. The molecule has 0 aromatic heterocycles. The normalized spacial score (nSPS) is 14.8. The molecule has 142 valence electrons. The van der Waals surface area contributed by atoms with E-state index in [0.29, 0.717) is 6.54 Å². The molecular weight excluding hydrogens is 431 g/mol. The van der Waals surface area contributed by atoms with E-state index < -0.39 is 0 Å². The van der Waals surface area contributed by atoms with Crippen molar-refractivity contribution in [2.24, 2.45) is 4.99 Å².